The maximum Gasteiger partial charge on any atom is 0.277 e. The molecule has 1 aromatic rings. The first kappa shape index (κ1) is 11.5. The zero-order valence-electron chi connectivity index (χ0n) is 9.18. The summed E-state index contributed by atoms with van der Waals surface area (Å²) in [6.45, 7) is 0.106. The van der Waals surface area contributed by atoms with Crippen molar-refractivity contribution in [2.45, 2.75) is 12.5 Å². The van der Waals surface area contributed by atoms with E-state index in [1.54, 1.807) is 0 Å². The van der Waals surface area contributed by atoms with Gasteiger partial charge in [0.15, 0.2) is 5.82 Å². The first-order valence-electron chi connectivity index (χ1n) is 5.31. The van der Waals surface area contributed by atoms with Gasteiger partial charge in [0.05, 0.1) is 0 Å². The number of hydrogen-bond acceptors (Lipinski definition) is 6. The maximum atomic E-state index is 11.4. The average molecular weight is 237 g/mol. The number of aromatic amines is 1. The number of H-pyrrole nitrogens is 1. The normalized spacial score (nSPS) is 22.9. The van der Waals surface area contributed by atoms with Crippen molar-refractivity contribution in [3.05, 3.63) is 22.5 Å². The summed E-state index contributed by atoms with van der Waals surface area (Å²) in [6, 6.07) is 0.00292. The van der Waals surface area contributed by atoms with Crippen LogP contribution in [0.15, 0.2) is 16.9 Å². The van der Waals surface area contributed by atoms with E-state index in [1.807, 2.05) is 12.2 Å². The monoisotopic (exact) mass is 237 g/mol. The van der Waals surface area contributed by atoms with E-state index >= 15 is 0 Å². The molecule has 17 heavy (non-hydrogen) atoms. The van der Waals surface area contributed by atoms with Gasteiger partial charge in [0.2, 0.25) is 5.95 Å². The lowest BCUT2D eigenvalue weighted by atomic mass is 10.1. The molecule has 0 amide bonds. The molecule has 0 bridgehead atoms. The SMILES string of the molecule is Nc1nc(N[C@H]2C=C[C@@H](CO)C2)c(N)c(=O)[nH]1. The van der Waals surface area contributed by atoms with Crippen molar-refractivity contribution in [3.8, 4) is 0 Å². The van der Waals surface area contributed by atoms with Crippen LogP contribution in [0, 0.1) is 5.92 Å². The minimum atomic E-state index is -0.458. The van der Waals surface area contributed by atoms with Gasteiger partial charge in [-0.1, -0.05) is 12.2 Å². The quantitative estimate of drug-likeness (QED) is 0.441. The van der Waals surface area contributed by atoms with Gasteiger partial charge in [0.1, 0.15) is 5.69 Å². The van der Waals surface area contributed by atoms with E-state index in [-0.39, 0.29) is 36.0 Å². The number of rotatable bonds is 3. The average Bonchev–Trinajstić information content (AvgIpc) is 2.73. The highest BCUT2D eigenvalue weighted by molar-refractivity contribution is 5.62. The number of aliphatic hydroxyl groups excluding tert-OH is 1. The van der Waals surface area contributed by atoms with E-state index in [9.17, 15) is 4.79 Å². The van der Waals surface area contributed by atoms with Gasteiger partial charge in [-0.2, -0.15) is 4.98 Å². The van der Waals surface area contributed by atoms with Crippen LogP contribution in [0.4, 0.5) is 17.5 Å². The Morgan fingerprint density at radius 2 is 2.29 bits per heavy atom. The lowest BCUT2D eigenvalue weighted by molar-refractivity contribution is 0.250. The maximum absolute atomic E-state index is 11.4. The summed E-state index contributed by atoms with van der Waals surface area (Å²) in [7, 11) is 0. The molecule has 1 heterocycles. The topological polar surface area (TPSA) is 130 Å². The Morgan fingerprint density at radius 3 is 2.94 bits per heavy atom. The predicted octanol–water partition coefficient (Wildman–Crippen LogP) is -0.717. The molecule has 0 saturated heterocycles. The molecule has 0 saturated carbocycles. The number of hydrogen-bond donors (Lipinski definition) is 5. The third kappa shape index (κ3) is 2.39. The number of nitrogen functional groups attached to an aromatic ring is 2. The second kappa shape index (κ2) is 4.46. The van der Waals surface area contributed by atoms with E-state index in [0.717, 1.165) is 6.42 Å². The minimum absolute atomic E-state index is 0.00292. The van der Waals surface area contributed by atoms with Crippen LogP contribution >= 0.6 is 0 Å². The van der Waals surface area contributed by atoms with Crippen molar-refractivity contribution < 1.29 is 5.11 Å². The van der Waals surface area contributed by atoms with E-state index in [1.165, 1.54) is 0 Å². The molecule has 2 rings (SSSR count). The van der Waals surface area contributed by atoms with Crippen LogP contribution in [0.3, 0.4) is 0 Å². The van der Waals surface area contributed by atoms with Gasteiger partial charge in [-0.05, 0) is 6.42 Å². The summed E-state index contributed by atoms with van der Waals surface area (Å²) in [5.74, 6) is 0.431. The summed E-state index contributed by atoms with van der Waals surface area (Å²) in [6.07, 6.45) is 4.58. The molecule has 7 N–H and O–H groups in total. The fraction of sp³-hybridized carbons (Fsp3) is 0.400. The fourth-order valence-electron chi connectivity index (χ4n) is 1.80. The van der Waals surface area contributed by atoms with Crippen LogP contribution in [0.25, 0.3) is 0 Å². The van der Waals surface area contributed by atoms with Gasteiger partial charge in [-0.15, -0.1) is 0 Å². The molecule has 0 unspecified atom stereocenters. The van der Waals surface area contributed by atoms with Gasteiger partial charge < -0.3 is 21.9 Å². The molecule has 0 aliphatic heterocycles. The zero-order valence-corrected chi connectivity index (χ0v) is 9.18. The molecular weight excluding hydrogens is 222 g/mol. The van der Waals surface area contributed by atoms with E-state index < -0.39 is 5.56 Å². The molecular formula is C10H15N5O2. The van der Waals surface area contributed by atoms with Crippen molar-refractivity contribution in [2.24, 2.45) is 5.92 Å². The molecule has 2 atom stereocenters. The Bertz CT molecular complexity index is 496. The van der Waals surface area contributed by atoms with Gasteiger partial charge >= 0.3 is 0 Å². The van der Waals surface area contributed by atoms with Crippen LogP contribution < -0.4 is 22.3 Å². The Morgan fingerprint density at radius 1 is 1.53 bits per heavy atom. The summed E-state index contributed by atoms with van der Waals surface area (Å²) in [5, 5.41) is 12.0. The molecule has 1 aliphatic carbocycles. The van der Waals surface area contributed by atoms with Gasteiger partial charge in [-0.3, -0.25) is 9.78 Å². The molecule has 0 aromatic carbocycles. The van der Waals surface area contributed by atoms with E-state index in [4.69, 9.17) is 16.6 Å². The number of nitrogens with one attached hydrogen (secondary N) is 2. The highest BCUT2D eigenvalue weighted by atomic mass is 16.3. The van der Waals surface area contributed by atoms with Gasteiger partial charge in [0, 0.05) is 18.6 Å². The zero-order chi connectivity index (χ0) is 12.4. The number of aliphatic hydroxyl groups is 1. The van der Waals surface area contributed by atoms with Crippen molar-refractivity contribution in [1.82, 2.24) is 9.97 Å². The van der Waals surface area contributed by atoms with Crippen LogP contribution in [-0.2, 0) is 0 Å². The Kier molecular flexibility index (Phi) is 3.01. The summed E-state index contributed by atoms with van der Waals surface area (Å²) >= 11 is 0. The Labute approximate surface area is 97.6 Å². The molecule has 0 radical (unpaired) electrons. The second-order valence-electron chi connectivity index (χ2n) is 4.03. The summed E-state index contributed by atoms with van der Waals surface area (Å²) in [5.41, 5.74) is 10.6. The van der Waals surface area contributed by atoms with Gasteiger partial charge in [0.25, 0.3) is 5.56 Å². The molecule has 0 spiro atoms. The molecule has 7 nitrogen and oxygen atoms in total. The molecule has 1 aromatic heterocycles. The highest BCUT2D eigenvalue weighted by Crippen LogP contribution is 2.21. The summed E-state index contributed by atoms with van der Waals surface area (Å²) in [4.78, 5) is 17.6. The minimum Gasteiger partial charge on any atom is -0.396 e. The number of anilines is 3. The molecule has 7 heteroatoms. The second-order valence-corrected chi connectivity index (χ2v) is 4.03. The van der Waals surface area contributed by atoms with Crippen molar-refractivity contribution in [2.75, 3.05) is 23.4 Å². The first-order valence-corrected chi connectivity index (χ1v) is 5.31. The summed E-state index contributed by atoms with van der Waals surface area (Å²) < 4.78 is 0. The van der Waals surface area contributed by atoms with Crippen LogP contribution in [0.5, 0.6) is 0 Å². The van der Waals surface area contributed by atoms with Gasteiger partial charge in [-0.25, -0.2) is 0 Å². The van der Waals surface area contributed by atoms with E-state index in [2.05, 4.69) is 15.3 Å². The van der Waals surface area contributed by atoms with Crippen molar-refractivity contribution in [1.29, 1.82) is 0 Å². The fourth-order valence-corrected chi connectivity index (χ4v) is 1.80. The number of nitrogens with two attached hydrogens (primary N) is 2. The van der Waals surface area contributed by atoms with Crippen LogP contribution in [-0.4, -0.2) is 27.7 Å². The smallest absolute Gasteiger partial charge is 0.277 e. The molecule has 92 valence electrons. The number of aromatic nitrogens is 2. The largest absolute Gasteiger partial charge is 0.396 e. The first-order chi connectivity index (χ1) is 8.10. The van der Waals surface area contributed by atoms with Crippen LogP contribution in [0.1, 0.15) is 6.42 Å². The predicted molar refractivity (Wildman–Crippen MR) is 65.4 cm³/mol. The van der Waals surface area contributed by atoms with Crippen LogP contribution in [0.2, 0.25) is 0 Å². The number of nitrogens with zero attached hydrogens (tertiary/aromatic N) is 1. The van der Waals surface area contributed by atoms with Crippen molar-refractivity contribution in [3.63, 3.8) is 0 Å². The standard InChI is InChI=1S/C10H15N5O2/c11-7-8(14-10(12)15-9(7)17)13-6-2-1-5(3-6)4-16/h1-2,5-6,16H,3-4,11H2,(H4,12,13,14,15,17)/t5-,6+/m1/s1. The lowest BCUT2D eigenvalue weighted by Gasteiger charge is -2.14. The highest BCUT2D eigenvalue weighted by Gasteiger charge is 2.19. The van der Waals surface area contributed by atoms with Crippen molar-refractivity contribution >= 4 is 17.5 Å². The lowest BCUT2D eigenvalue weighted by Crippen LogP contribution is -2.23. The molecule has 0 fully saturated rings. The Balaban J connectivity index is 2.15. The molecule has 1 aliphatic rings. The Hall–Kier alpha value is -2.02. The third-order valence-corrected chi connectivity index (χ3v) is 2.70. The third-order valence-electron chi connectivity index (χ3n) is 2.70. The van der Waals surface area contributed by atoms with E-state index in [0.29, 0.717) is 0 Å².